The van der Waals surface area contributed by atoms with Crippen LogP contribution in [-0.4, -0.2) is 20.9 Å². The zero-order chi connectivity index (χ0) is 14.9. The molecular weight excluding hydrogens is 299 g/mol. The number of hydrogen-bond acceptors (Lipinski definition) is 2. The van der Waals surface area contributed by atoms with Gasteiger partial charge < -0.3 is 5.11 Å². The molecule has 2 aromatic rings. The van der Waals surface area contributed by atoms with Gasteiger partial charge >= 0.3 is 5.97 Å². The molecule has 0 saturated heterocycles. The summed E-state index contributed by atoms with van der Waals surface area (Å²) in [6, 6.07) is 6.87. The van der Waals surface area contributed by atoms with E-state index in [2.05, 4.69) is 5.10 Å². The summed E-state index contributed by atoms with van der Waals surface area (Å²) in [7, 11) is 1.76. The molecule has 20 heavy (non-hydrogen) atoms. The molecule has 1 aromatic heterocycles. The summed E-state index contributed by atoms with van der Waals surface area (Å²) < 4.78 is 1.62. The van der Waals surface area contributed by atoms with Crippen molar-refractivity contribution in [2.24, 2.45) is 7.05 Å². The molecule has 0 aliphatic carbocycles. The van der Waals surface area contributed by atoms with Gasteiger partial charge in [-0.1, -0.05) is 35.3 Å². The maximum atomic E-state index is 11.5. The molecule has 1 heterocycles. The predicted octanol–water partition coefficient (Wildman–Crippen LogP) is 3.45. The Morgan fingerprint density at radius 1 is 1.45 bits per heavy atom. The fourth-order valence-electron chi connectivity index (χ4n) is 2.17. The minimum Gasteiger partial charge on any atom is -0.481 e. The molecule has 2 rings (SSSR count). The van der Waals surface area contributed by atoms with Gasteiger partial charge in [-0.15, -0.1) is 0 Å². The number of benzene rings is 1. The summed E-state index contributed by atoms with van der Waals surface area (Å²) in [5.74, 6) is -1.62. The number of nitrogens with zero attached hydrogens (tertiary/aromatic N) is 2. The zero-order valence-electron chi connectivity index (χ0n) is 11.1. The number of carbonyl (C=O) groups is 1. The molecule has 1 aromatic carbocycles. The summed E-state index contributed by atoms with van der Waals surface area (Å²) in [4.78, 5) is 11.5. The summed E-state index contributed by atoms with van der Waals surface area (Å²) in [6.45, 7) is 1.79. The second-order valence-corrected chi connectivity index (χ2v) is 5.43. The summed E-state index contributed by atoms with van der Waals surface area (Å²) in [6.07, 6.45) is 0.270. The zero-order valence-corrected chi connectivity index (χ0v) is 12.6. The fraction of sp³-hybridized carbons (Fsp3) is 0.286. The first-order valence-electron chi connectivity index (χ1n) is 6.06. The van der Waals surface area contributed by atoms with Gasteiger partial charge in [-0.2, -0.15) is 5.10 Å². The van der Waals surface area contributed by atoms with E-state index in [1.54, 1.807) is 42.9 Å². The van der Waals surface area contributed by atoms with Crippen LogP contribution in [0, 0.1) is 6.92 Å². The molecule has 0 bridgehead atoms. The molecule has 0 fully saturated rings. The molecule has 0 radical (unpaired) electrons. The van der Waals surface area contributed by atoms with Crippen LogP contribution in [-0.2, 0) is 18.3 Å². The molecule has 1 unspecified atom stereocenters. The minimum atomic E-state index is -0.915. The molecule has 0 aliphatic rings. The topological polar surface area (TPSA) is 55.1 Å². The first-order valence-corrected chi connectivity index (χ1v) is 6.82. The summed E-state index contributed by atoms with van der Waals surface area (Å²) >= 11 is 12.1. The number of hydrogen-bond donors (Lipinski definition) is 1. The van der Waals surface area contributed by atoms with Crippen molar-refractivity contribution in [2.45, 2.75) is 19.3 Å². The lowest BCUT2D eigenvalue weighted by Crippen LogP contribution is -2.16. The molecule has 0 amide bonds. The highest BCUT2D eigenvalue weighted by molar-refractivity contribution is 6.32. The molecule has 0 saturated carbocycles. The maximum absolute atomic E-state index is 11.5. The van der Waals surface area contributed by atoms with E-state index in [4.69, 9.17) is 23.2 Å². The minimum absolute atomic E-state index is 0.270. The molecule has 0 spiro atoms. The number of aryl methyl sites for hydroxylation is 2. The van der Waals surface area contributed by atoms with Crippen LogP contribution < -0.4 is 0 Å². The van der Waals surface area contributed by atoms with E-state index in [9.17, 15) is 9.90 Å². The number of rotatable bonds is 4. The van der Waals surface area contributed by atoms with Crippen LogP contribution in [0.5, 0.6) is 0 Å². The van der Waals surface area contributed by atoms with Crippen molar-refractivity contribution < 1.29 is 9.90 Å². The van der Waals surface area contributed by atoms with Gasteiger partial charge in [0.25, 0.3) is 0 Å². The standard InChI is InChI=1S/C14H14Cl2N2O2/c1-8-13(16)12(18(2)17-8)7-11(14(19)20)9-4-3-5-10(15)6-9/h3-6,11H,7H2,1-2H3,(H,19,20). The highest BCUT2D eigenvalue weighted by Gasteiger charge is 2.24. The molecule has 4 nitrogen and oxygen atoms in total. The molecule has 1 N–H and O–H groups in total. The van der Waals surface area contributed by atoms with Gasteiger partial charge in [0.1, 0.15) is 0 Å². The SMILES string of the molecule is Cc1nn(C)c(CC(C(=O)O)c2cccc(Cl)c2)c1Cl. The summed E-state index contributed by atoms with van der Waals surface area (Å²) in [5.41, 5.74) is 2.05. The number of aliphatic carboxylic acids is 1. The fourth-order valence-corrected chi connectivity index (χ4v) is 2.60. The van der Waals surface area contributed by atoms with Crippen LogP contribution in [0.4, 0.5) is 0 Å². The van der Waals surface area contributed by atoms with E-state index in [-0.39, 0.29) is 6.42 Å². The van der Waals surface area contributed by atoms with Gasteiger partial charge in [-0.05, 0) is 24.6 Å². The van der Waals surface area contributed by atoms with Gasteiger partial charge in [0.15, 0.2) is 0 Å². The lowest BCUT2D eigenvalue weighted by Gasteiger charge is -2.13. The third-order valence-electron chi connectivity index (χ3n) is 3.21. The smallest absolute Gasteiger partial charge is 0.311 e. The third-order valence-corrected chi connectivity index (χ3v) is 3.93. The predicted molar refractivity (Wildman–Crippen MR) is 78.5 cm³/mol. The highest BCUT2D eigenvalue weighted by Crippen LogP contribution is 2.28. The first-order chi connectivity index (χ1) is 9.40. The Kier molecular flexibility index (Phi) is 4.35. The molecular formula is C14H14Cl2N2O2. The molecule has 1 atom stereocenters. The average Bonchev–Trinajstić information content (AvgIpc) is 2.60. The largest absolute Gasteiger partial charge is 0.481 e. The lowest BCUT2D eigenvalue weighted by atomic mass is 9.94. The van der Waals surface area contributed by atoms with E-state index in [0.717, 1.165) is 0 Å². The Morgan fingerprint density at radius 2 is 2.15 bits per heavy atom. The van der Waals surface area contributed by atoms with Gasteiger partial charge in [-0.25, -0.2) is 0 Å². The first kappa shape index (κ1) is 14.9. The van der Waals surface area contributed by atoms with Crippen molar-refractivity contribution in [1.82, 2.24) is 9.78 Å². The van der Waals surface area contributed by atoms with Crippen molar-refractivity contribution in [3.05, 3.63) is 51.3 Å². The Balaban J connectivity index is 2.38. The van der Waals surface area contributed by atoms with Crippen molar-refractivity contribution in [3.63, 3.8) is 0 Å². The maximum Gasteiger partial charge on any atom is 0.311 e. The Labute approximate surface area is 126 Å². The van der Waals surface area contributed by atoms with Crippen LogP contribution in [0.15, 0.2) is 24.3 Å². The van der Waals surface area contributed by atoms with Crippen molar-refractivity contribution in [2.75, 3.05) is 0 Å². The highest BCUT2D eigenvalue weighted by atomic mass is 35.5. The van der Waals surface area contributed by atoms with Crippen LogP contribution >= 0.6 is 23.2 Å². The second kappa shape index (κ2) is 5.85. The van der Waals surface area contributed by atoms with E-state index in [0.29, 0.717) is 27.0 Å². The van der Waals surface area contributed by atoms with E-state index < -0.39 is 11.9 Å². The van der Waals surface area contributed by atoms with Crippen LogP contribution in [0.3, 0.4) is 0 Å². The number of carboxylic acids is 1. The average molecular weight is 313 g/mol. The van der Waals surface area contributed by atoms with Gasteiger partial charge in [-0.3, -0.25) is 9.48 Å². The molecule has 6 heteroatoms. The third kappa shape index (κ3) is 2.97. The lowest BCUT2D eigenvalue weighted by molar-refractivity contribution is -0.138. The van der Waals surface area contributed by atoms with Crippen molar-refractivity contribution in [1.29, 1.82) is 0 Å². The van der Waals surface area contributed by atoms with Gasteiger partial charge in [0.05, 0.1) is 22.3 Å². The van der Waals surface area contributed by atoms with E-state index >= 15 is 0 Å². The van der Waals surface area contributed by atoms with Crippen LogP contribution in [0.2, 0.25) is 10.0 Å². The van der Waals surface area contributed by atoms with Crippen LogP contribution in [0.25, 0.3) is 0 Å². The van der Waals surface area contributed by atoms with Crippen molar-refractivity contribution in [3.8, 4) is 0 Å². The second-order valence-electron chi connectivity index (χ2n) is 4.62. The van der Waals surface area contributed by atoms with Gasteiger partial charge in [0, 0.05) is 18.5 Å². The van der Waals surface area contributed by atoms with Crippen molar-refractivity contribution >= 4 is 29.2 Å². The van der Waals surface area contributed by atoms with Crippen LogP contribution in [0.1, 0.15) is 22.9 Å². The Bertz CT molecular complexity index is 653. The van der Waals surface area contributed by atoms with E-state index in [1.807, 2.05) is 0 Å². The molecule has 0 aliphatic heterocycles. The van der Waals surface area contributed by atoms with Gasteiger partial charge in [0.2, 0.25) is 0 Å². The monoisotopic (exact) mass is 312 g/mol. The normalized spacial score (nSPS) is 12.4. The number of halogens is 2. The summed E-state index contributed by atoms with van der Waals surface area (Å²) in [5, 5.41) is 14.7. The molecule has 106 valence electrons. The quantitative estimate of drug-likeness (QED) is 0.940. The number of aromatic nitrogens is 2. The van der Waals surface area contributed by atoms with E-state index in [1.165, 1.54) is 0 Å². The number of carboxylic acid groups (broad SMARTS) is 1. The Morgan fingerprint density at radius 3 is 2.65 bits per heavy atom. The Hall–Kier alpha value is -1.52.